The number of carbonyl (C=O) groups is 1. The molecule has 0 bridgehead atoms. The van der Waals surface area contributed by atoms with Crippen molar-refractivity contribution in [3.63, 3.8) is 0 Å². The molecule has 0 radical (unpaired) electrons. The molecule has 136 valence electrons. The van der Waals surface area contributed by atoms with E-state index in [1.807, 2.05) is 0 Å². The number of hydrogen-bond acceptors (Lipinski definition) is 5. The highest BCUT2D eigenvalue weighted by molar-refractivity contribution is 9.10. The lowest BCUT2D eigenvalue weighted by Crippen LogP contribution is -2.07. The van der Waals surface area contributed by atoms with Crippen LogP contribution in [0.1, 0.15) is 12.6 Å². The summed E-state index contributed by atoms with van der Waals surface area (Å²) in [6, 6.07) is 5.92. The van der Waals surface area contributed by atoms with Gasteiger partial charge in [-0.15, -0.1) is 0 Å². The molecule has 0 atom stereocenters. The zero-order valence-electron chi connectivity index (χ0n) is 13.2. The molecule has 0 N–H and O–H groups in total. The van der Waals surface area contributed by atoms with Crippen LogP contribution in [0.5, 0.6) is 5.75 Å². The number of aromatic nitrogens is 3. The largest absolute Gasteiger partial charge is 0.459 e. The Labute approximate surface area is 159 Å². The molecule has 0 aliphatic heterocycles. The number of halogens is 4. The summed E-state index contributed by atoms with van der Waals surface area (Å²) in [6.45, 7) is -1.85. The first-order valence-electron chi connectivity index (χ1n) is 7.26. The predicted molar refractivity (Wildman–Crippen MR) is 93.7 cm³/mol. The lowest BCUT2D eigenvalue weighted by Gasteiger charge is -2.12. The highest BCUT2D eigenvalue weighted by Gasteiger charge is 2.19. The molecule has 0 saturated heterocycles. The summed E-state index contributed by atoms with van der Waals surface area (Å²) in [6.07, 6.45) is 1.56. The average Bonchev–Trinajstić information content (AvgIpc) is 2.92. The van der Waals surface area contributed by atoms with Gasteiger partial charge in [-0.2, -0.15) is 13.9 Å². The van der Waals surface area contributed by atoms with Crippen LogP contribution in [0.3, 0.4) is 0 Å². The number of fused-ring (bicyclic) bond motifs is 1. The molecule has 3 rings (SSSR count). The van der Waals surface area contributed by atoms with Crippen molar-refractivity contribution in [1.29, 1.82) is 0 Å². The molecule has 10 heteroatoms. The number of pyridine rings is 1. The number of benzene rings is 1. The summed E-state index contributed by atoms with van der Waals surface area (Å²) in [5.74, 6) is -0.581. The monoisotopic (exact) mass is 445 g/mol. The zero-order chi connectivity index (χ0) is 18.8. The fourth-order valence-corrected chi connectivity index (χ4v) is 2.82. The van der Waals surface area contributed by atoms with Gasteiger partial charge >= 0.3 is 12.6 Å². The van der Waals surface area contributed by atoms with Crippen LogP contribution in [0.25, 0.3) is 16.7 Å². The first-order chi connectivity index (χ1) is 12.3. The van der Waals surface area contributed by atoms with E-state index in [9.17, 15) is 13.6 Å². The third-order valence-electron chi connectivity index (χ3n) is 3.33. The zero-order valence-corrected chi connectivity index (χ0v) is 15.6. The van der Waals surface area contributed by atoms with E-state index in [2.05, 4.69) is 30.7 Å². The minimum Gasteiger partial charge on any atom is -0.459 e. The second-order valence-electron chi connectivity index (χ2n) is 5.15. The van der Waals surface area contributed by atoms with Crippen LogP contribution in [-0.4, -0.2) is 27.3 Å². The topological polar surface area (TPSA) is 66.2 Å². The van der Waals surface area contributed by atoms with Crippen LogP contribution in [0.15, 0.2) is 34.9 Å². The van der Waals surface area contributed by atoms with Gasteiger partial charge in [0.2, 0.25) is 0 Å². The van der Waals surface area contributed by atoms with Crippen LogP contribution in [0, 0.1) is 0 Å². The smallest absolute Gasteiger partial charge is 0.387 e. The molecule has 2 heterocycles. The van der Waals surface area contributed by atoms with E-state index in [-0.39, 0.29) is 18.0 Å². The Morgan fingerprint density at radius 1 is 1.38 bits per heavy atom. The van der Waals surface area contributed by atoms with Crippen molar-refractivity contribution in [2.24, 2.45) is 0 Å². The third-order valence-corrected chi connectivity index (χ3v) is 4.00. The molecule has 0 saturated carbocycles. The summed E-state index contributed by atoms with van der Waals surface area (Å²) in [7, 11) is 0. The van der Waals surface area contributed by atoms with E-state index in [4.69, 9.17) is 16.3 Å². The van der Waals surface area contributed by atoms with Gasteiger partial charge in [0.1, 0.15) is 23.5 Å². The van der Waals surface area contributed by atoms with Gasteiger partial charge in [-0.05, 0) is 40.2 Å². The molecular weight excluding hydrogens is 436 g/mol. The first kappa shape index (κ1) is 18.5. The van der Waals surface area contributed by atoms with Crippen LogP contribution in [0.2, 0.25) is 5.02 Å². The summed E-state index contributed by atoms with van der Waals surface area (Å²) in [5.41, 5.74) is 1.53. The van der Waals surface area contributed by atoms with Crippen molar-refractivity contribution in [3.05, 3.63) is 45.7 Å². The highest BCUT2D eigenvalue weighted by atomic mass is 79.9. The molecule has 0 unspecified atom stereocenters. The number of hydrogen-bond donors (Lipinski definition) is 0. The number of ether oxygens (including phenoxy) is 2. The molecule has 2 aromatic heterocycles. The average molecular weight is 447 g/mol. The van der Waals surface area contributed by atoms with E-state index in [0.717, 1.165) is 0 Å². The highest BCUT2D eigenvalue weighted by Crippen LogP contribution is 2.32. The summed E-state index contributed by atoms with van der Waals surface area (Å²) in [5, 5.41) is 4.67. The van der Waals surface area contributed by atoms with E-state index >= 15 is 0 Å². The molecule has 6 nitrogen and oxygen atoms in total. The van der Waals surface area contributed by atoms with Gasteiger partial charge in [0, 0.05) is 22.6 Å². The molecule has 0 fully saturated rings. The van der Waals surface area contributed by atoms with Crippen LogP contribution < -0.4 is 4.74 Å². The Kier molecular flexibility index (Phi) is 5.38. The maximum atomic E-state index is 12.7. The minimum atomic E-state index is -3.01. The predicted octanol–water partition coefficient (Wildman–Crippen LogP) is 4.50. The number of esters is 1. The van der Waals surface area contributed by atoms with Crippen LogP contribution in [0.4, 0.5) is 8.78 Å². The van der Waals surface area contributed by atoms with Crippen molar-refractivity contribution < 1.29 is 23.0 Å². The quantitative estimate of drug-likeness (QED) is 0.540. The Morgan fingerprint density at radius 2 is 2.15 bits per heavy atom. The fourth-order valence-electron chi connectivity index (χ4n) is 2.34. The minimum absolute atomic E-state index is 0.104. The van der Waals surface area contributed by atoms with Gasteiger partial charge in [0.15, 0.2) is 5.75 Å². The van der Waals surface area contributed by atoms with Gasteiger partial charge in [0.25, 0.3) is 0 Å². The van der Waals surface area contributed by atoms with E-state index in [0.29, 0.717) is 26.2 Å². The normalized spacial score (nSPS) is 11.2. The molecule has 0 spiro atoms. The molecule has 0 aliphatic rings. The summed E-state index contributed by atoms with van der Waals surface area (Å²) < 4.78 is 37.1. The van der Waals surface area contributed by atoms with E-state index in [1.165, 1.54) is 29.8 Å². The molecule has 0 aliphatic carbocycles. The lowest BCUT2D eigenvalue weighted by molar-refractivity contribution is -0.142. The van der Waals surface area contributed by atoms with Crippen molar-refractivity contribution in [3.8, 4) is 11.4 Å². The van der Waals surface area contributed by atoms with E-state index < -0.39 is 12.6 Å². The van der Waals surface area contributed by atoms with Gasteiger partial charge < -0.3 is 9.47 Å². The Morgan fingerprint density at radius 3 is 2.85 bits per heavy atom. The van der Waals surface area contributed by atoms with Crippen molar-refractivity contribution >= 4 is 44.5 Å². The van der Waals surface area contributed by atoms with Crippen molar-refractivity contribution in [2.75, 3.05) is 0 Å². The fraction of sp³-hybridized carbons (Fsp3) is 0.188. The first-order valence-corrected chi connectivity index (χ1v) is 8.43. The van der Waals surface area contributed by atoms with Crippen molar-refractivity contribution in [1.82, 2.24) is 14.8 Å². The maximum absolute atomic E-state index is 12.7. The summed E-state index contributed by atoms with van der Waals surface area (Å²) in [4.78, 5) is 15.4. The number of alkyl halides is 2. The molecular formula is C16H11BrClF2N3O3. The standard InChI is InChI=1S/C16H11BrClF2N3O3/c1-8(24)25-7-11-15-13(4-9(17)6-21-15)23(22-11)12-5-10(18)2-3-14(12)26-16(19)20/h2-6,16H,7H2,1H3. The van der Waals surface area contributed by atoms with Crippen molar-refractivity contribution in [2.45, 2.75) is 20.1 Å². The number of nitrogens with zero attached hydrogens (tertiary/aromatic N) is 3. The molecule has 26 heavy (non-hydrogen) atoms. The Hall–Kier alpha value is -2.26. The lowest BCUT2D eigenvalue weighted by atomic mass is 10.2. The molecule has 3 aromatic rings. The van der Waals surface area contributed by atoms with Gasteiger partial charge in [0.05, 0.1) is 5.52 Å². The second kappa shape index (κ2) is 7.55. The molecule has 1 aromatic carbocycles. The second-order valence-corrected chi connectivity index (χ2v) is 6.50. The third kappa shape index (κ3) is 3.94. The summed E-state index contributed by atoms with van der Waals surface area (Å²) >= 11 is 9.33. The Bertz CT molecular complexity index is 981. The van der Waals surface area contributed by atoms with Gasteiger partial charge in [-0.3, -0.25) is 9.78 Å². The van der Waals surface area contributed by atoms with Crippen LogP contribution in [-0.2, 0) is 16.1 Å². The van der Waals surface area contributed by atoms with E-state index in [1.54, 1.807) is 12.3 Å². The maximum Gasteiger partial charge on any atom is 0.387 e. The number of carbonyl (C=O) groups excluding carboxylic acids is 1. The van der Waals surface area contributed by atoms with Gasteiger partial charge in [-0.1, -0.05) is 11.6 Å². The Balaban J connectivity index is 2.20. The van der Waals surface area contributed by atoms with Crippen LogP contribution >= 0.6 is 27.5 Å². The molecule has 0 amide bonds. The van der Waals surface area contributed by atoms with Gasteiger partial charge in [-0.25, -0.2) is 4.68 Å². The number of rotatable bonds is 5. The SMILES string of the molecule is CC(=O)OCc1nn(-c2cc(Cl)ccc2OC(F)F)c2cc(Br)cnc12.